The number of anilines is 1. The van der Waals surface area contributed by atoms with Crippen LogP contribution in [0.5, 0.6) is 0 Å². The molecule has 8 heteroatoms. The summed E-state index contributed by atoms with van der Waals surface area (Å²) < 4.78 is 0. The third-order valence-electron chi connectivity index (χ3n) is 5.72. The predicted molar refractivity (Wildman–Crippen MR) is 137 cm³/mol. The summed E-state index contributed by atoms with van der Waals surface area (Å²) in [7, 11) is 0. The van der Waals surface area contributed by atoms with Crippen LogP contribution in [0.25, 0.3) is 0 Å². The summed E-state index contributed by atoms with van der Waals surface area (Å²) in [5.74, 6) is -2.10. The highest BCUT2D eigenvalue weighted by molar-refractivity contribution is 5.90. The molecule has 0 unspecified atom stereocenters. The average Bonchev–Trinajstić information content (AvgIpc) is 2.85. The van der Waals surface area contributed by atoms with Crippen LogP contribution < -0.4 is 17.2 Å². The van der Waals surface area contributed by atoms with Gasteiger partial charge in [0.15, 0.2) is 5.96 Å². The van der Waals surface area contributed by atoms with Crippen molar-refractivity contribution >= 4 is 23.5 Å². The molecule has 0 heterocycles. The molecule has 3 aromatic carbocycles. The maximum Gasteiger partial charge on any atom is 0.326 e. The molecule has 0 aromatic heterocycles. The van der Waals surface area contributed by atoms with Gasteiger partial charge in [-0.3, -0.25) is 9.79 Å². The molecule has 0 saturated heterocycles. The number of guanidine groups is 1. The number of carboxylic acids is 1. The van der Waals surface area contributed by atoms with E-state index in [2.05, 4.69) is 4.99 Å². The highest BCUT2D eigenvalue weighted by Crippen LogP contribution is 2.29. The van der Waals surface area contributed by atoms with Gasteiger partial charge in [-0.05, 0) is 41.7 Å². The first-order chi connectivity index (χ1) is 16.9. The molecule has 0 saturated carbocycles. The van der Waals surface area contributed by atoms with E-state index in [1.165, 1.54) is 4.90 Å². The van der Waals surface area contributed by atoms with Crippen molar-refractivity contribution < 1.29 is 14.7 Å². The van der Waals surface area contributed by atoms with Crippen molar-refractivity contribution in [2.45, 2.75) is 31.3 Å². The van der Waals surface area contributed by atoms with Crippen LogP contribution in [0.3, 0.4) is 0 Å². The first-order valence-corrected chi connectivity index (χ1v) is 11.4. The van der Waals surface area contributed by atoms with Crippen LogP contribution in [0, 0.1) is 0 Å². The molecule has 0 spiro atoms. The van der Waals surface area contributed by atoms with E-state index in [-0.39, 0.29) is 31.4 Å². The summed E-state index contributed by atoms with van der Waals surface area (Å²) in [5, 5.41) is 10.1. The number of nitrogens with zero attached hydrogens (tertiary/aromatic N) is 2. The van der Waals surface area contributed by atoms with Crippen molar-refractivity contribution in [1.29, 1.82) is 0 Å². The third-order valence-corrected chi connectivity index (χ3v) is 5.72. The highest BCUT2D eigenvalue weighted by Gasteiger charge is 2.35. The summed E-state index contributed by atoms with van der Waals surface area (Å²) in [6, 6.07) is 24.8. The number of hydrogen-bond donors (Lipinski definition) is 4. The molecule has 0 fully saturated rings. The number of hydrogen-bond acceptors (Lipinski definition) is 4. The van der Waals surface area contributed by atoms with Crippen LogP contribution in [-0.4, -0.2) is 40.4 Å². The molecule has 182 valence electrons. The summed E-state index contributed by atoms with van der Waals surface area (Å²) in [6.45, 7) is 0.394. The van der Waals surface area contributed by atoms with Crippen molar-refractivity contribution in [3.63, 3.8) is 0 Å². The summed E-state index contributed by atoms with van der Waals surface area (Å²) in [4.78, 5) is 32.0. The molecule has 3 aromatic rings. The normalized spacial score (nSPS) is 11.6. The van der Waals surface area contributed by atoms with Gasteiger partial charge in [0.2, 0.25) is 5.91 Å². The van der Waals surface area contributed by atoms with E-state index in [1.54, 1.807) is 24.3 Å². The zero-order chi connectivity index (χ0) is 25.2. The van der Waals surface area contributed by atoms with Crippen LogP contribution in [-0.2, 0) is 16.1 Å². The Bertz CT molecular complexity index is 1090. The lowest BCUT2D eigenvalue weighted by atomic mass is 9.89. The van der Waals surface area contributed by atoms with Crippen LogP contribution in [0.4, 0.5) is 5.69 Å². The van der Waals surface area contributed by atoms with E-state index in [1.807, 2.05) is 60.7 Å². The fourth-order valence-corrected chi connectivity index (χ4v) is 4.00. The van der Waals surface area contributed by atoms with E-state index in [0.717, 1.165) is 16.7 Å². The lowest BCUT2D eigenvalue weighted by Gasteiger charge is -2.33. The van der Waals surface area contributed by atoms with E-state index < -0.39 is 17.9 Å². The smallest absolute Gasteiger partial charge is 0.326 e. The number of amides is 1. The van der Waals surface area contributed by atoms with Crippen molar-refractivity contribution in [3.8, 4) is 0 Å². The molecule has 0 radical (unpaired) electrons. The van der Waals surface area contributed by atoms with Gasteiger partial charge in [-0.15, -0.1) is 0 Å². The average molecular weight is 474 g/mol. The second-order valence-corrected chi connectivity index (χ2v) is 8.26. The summed E-state index contributed by atoms with van der Waals surface area (Å²) >= 11 is 0. The lowest BCUT2D eigenvalue weighted by Crippen LogP contribution is -2.47. The van der Waals surface area contributed by atoms with Gasteiger partial charge in [0.05, 0.1) is 5.92 Å². The standard InChI is InChI=1S/C27H31N5O3/c28-22-15-13-19(14-16-22)18-32(23(26(34)35)12-7-17-31-27(29)30)25(33)24(20-8-3-1-4-9-20)21-10-5-2-6-11-21/h1-6,8-11,13-16,23-24H,7,12,17-18,28H2,(H,34,35)(H4,29,30,31)/t23-/m1/s1. The molecular weight excluding hydrogens is 442 g/mol. The first kappa shape index (κ1) is 25.3. The SMILES string of the molecule is NC(N)=NCCC[C@H](C(=O)O)N(Cc1ccc(N)cc1)C(=O)C(c1ccccc1)c1ccccc1. The molecule has 35 heavy (non-hydrogen) atoms. The molecule has 0 aliphatic rings. The molecule has 0 aliphatic carbocycles. The quantitative estimate of drug-likeness (QED) is 0.146. The number of nitrogen functional groups attached to an aromatic ring is 1. The Balaban J connectivity index is 2.02. The minimum Gasteiger partial charge on any atom is -0.480 e. The fraction of sp³-hybridized carbons (Fsp3) is 0.222. The van der Waals surface area contributed by atoms with Gasteiger partial charge in [0, 0.05) is 18.8 Å². The number of carboxylic acid groups (broad SMARTS) is 1. The van der Waals surface area contributed by atoms with E-state index >= 15 is 0 Å². The largest absolute Gasteiger partial charge is 0.480 e. The Labute approximate surface area is 205 Å². The molecule has 0 bridgehead atoms. The maximum absolute atomic E-state index is 14.2. The molecule has 1 atom stereocenters. The number of carbonyl (C=O) groups excluding carboxylic acids is 1. The Morgan fingerprint density at radius 3 is 1.89 bits per heavy atom. The molecule has 0 aliphatic heterocycles. The van der Waals surface area contributed by atoms with Crippen LogP contribution in [0.15, 0.2) is 89.9 Å². The predicted octanol–water partition coefficient (Wildman–Crippen LogP) is 2.94. The van der Waals surface area contributed by atoms with Gasteiger partial charge >= 0.3 is 5.97 Å². The highest BCUT2D eigenvalue weighted by atomic mass is 16.4. The third kappa shape index (κ3) is 7.07. The minimum absolute atomic E-state index is 0.0556. The van der Waals surface area contributed by atoms with Gasteiger partial charge in [0.1, 0.15) is 6.04 Å². The maximum atomic E-state index is 14.2. The Hall–Kier alpha value is -4.33. The Kier molecular flexibility index (Phi) is 8.83. The van der Waals surface area contributed by atoms with Crippen molar-refractivity contribution in [3.05, 3.63) is 102 Å². The van der Waals surface area contributed by atoms with Gasteiger partial charge in [-0.1, -0.05) is 72.8 Å². The zero-order valence-electron chi connectivity index (χ0n) is 19.5. The van der Waals surface area contributed by atoms with E-state index in [9.17, 15) is 14.7 Å². The van der Waals surface area contributed by atoms with Crippen molar-refractivity contribution in [1.82, 2.24) is 4.90 Å². The monoisotopic (exact) mass is 473 g/mol. The van der Waals surface area contributed by atoms with Crippen LogP contribution in [0.1, 0.15) is 35.4 Å². The Morgan fingerprint density at radius 2 is 1.40 bits per heavy atom. The van der Waals surface area contributed by atoms with Gasteiger partial charge in [-0.2, -0.15) is 0 Å². The van der Waals surface area contributed by atoms with E-state index in [4.69, 9.17) is 17.2 Å². The number of aliphatic carboxylic acids is 1. The van der Waals surface area contributed by atoms with Gasteiger partial charge in [0.25, 0.3) is 0 Å². The molecule has 7 N–H and O–H groups in total. The number of carbonyl (C=O) groups is 2. The first-order valence-electron chi connectivity index (χ1n) is 11.4. The number of nitrogens with two attached hydrogens (primary N) is 3. The second-order valence-electron chi connectivity index (χ2n) is 8.26. The number of benzene rings is 3. The molecular formula is C27H31N5O3. The summed E-state index contributed by atoms with van der Waals surface area (Å²) in [5.41, 5.74) is 19.6. The molecule has 1 amide bonds. The van der Waals surface area contributed by atoms with Crippen LogP contribution >= 0.6 is 0 Å². The Morgan fingerprint density at radius 1 is 0.857 bits per heavy atom. The van der Waals surface area contributed by atoms with Gasteiger partial charge in [-0.25, -0.2) is 4.79 Å². The minimum atomic E-state index is -1.08. The number of rotatable bonds is 11. The van der Waals surface area contributed by atoms with Gasteiger partial charge < -0.3 is 27.2 Å². The fourth-order valence-electron chi connectivity index (χ4n) is 4.00. The molecule has 8 nitrogen and oxygen atoms in total. The lowest BCUT2D eigenvalue weighted by molar-refractivity contribution is -0.151. The molecule has 3 rings (SSSR count). The van der Waals surface area contributed by atoms with E-state index in [0.29, 0.717) is 12.1 Å². The number of aliphatic imine (C=N–C) groups is 1. The van der Waals surface area contributed by atoms with Crippen LogP contribution in [0.2, 0.25) is 0 Å². The van der Waals surface area contributed by atoms with Crippen molar-refractivity contribution in [2.75, 3.05) is 12.3 Å². The van der Waals surface area contributed by atoms with Crippen molar-refractivity contribution in [2.24, 2.45) is 16.5 Å². The summed E-state index contributed by atoms with van der Waals surface area (Å²) in [6.07, 6.45) is 0.602. The second kappa shape index (κ2) is 12.2. The zero-order valence-corrected chi connectivity index (χ0v) is 19.5. The topological polar surface area (TPSA) is 148 Å².